The Labute approximate surface area is 157 Å². The highest BCUT2D eigenvalue weighted by atomic mass is 35.5. The molecule has 3 aromatic rings. The topological polar surface area (TPSA) is 89.0 Å². The lowest BCUT2D eigenvalue weighted by Gasteiger charge is -2.10. The van der Waals surface area contributed by atoms with E-state index in [4.69, 9.17) is 11.6 Å². The van der Waals surface area contributed by atoms with Crippen molar-refractivity contribution in [2.45, 2.75) is 0 Å². The minimum atomic E-state index is -0.800. The maximum atomic E-state index is 13.7. The zero-order valence-electron chi connectivity index (χ0n) is 13.8. The zero-order chi connectivity index (χ0) is 19.4. The summed E-state index contributed by atoms with van der Waals surface area (Å²) in [6.45, 7) is 0. The number of rotatable bonds is 5. The van der Waals surface area contributed by atoms with Gasteiger partial charge in [-0.05, 0) is 30.3 Å². The minimum absolute atomic E-state index is 0.0129. The molecule has 138 valence electrons. The molecule has 1 heterocycles. The zero-order valence-corrected chi connectivity index (χ0v) is 14.6. The number of aromatic nitrogens is 3. The van der Waals surface area contributed by atoms with Gasteiger partial charge in [-0.25, -0.2) is 13.6 Å². The number of carbonyl (C=O) groups is 1. The Morgan fingerprint density at radius 3 is 2.67 bits per heavy atom. The molecule has 1 aromatic heterocycles. The van der Waals surface area contributed by atoms with Crippen molar-refractivity contribution < 1.29 is 18.3 Å². The van der Waals surface area contributed by atoms with Gasteiger partial charge in [-0.2, -0.15) is 10.1 Å². The first kappa shape index (κ1) is 18.5. The van der Waals surface area contributed by atoms with Crippen LogP contribution in [0.25, 0.3) is 0 Å². The quantitative estimate of drug-likeness (QED) is 0.633. The molecule has 2 N–H and O–H groups in total. The van der Waals surface area contributed by atoms with Crippen LogP contribution in [-0.2, 0) is 4.74 Å². The fourth-order valence-corrected chi connectivity index (χ4v) is 2.30. The van der Waals surface area contributed by atoms with Gasteiger partial charge in [0.05, 0.1) is 35.3 Å². The van der Waals surface area contributed by atoms with Crippen LogP contribution in [0.3, 0.4) is 0 Å². The molecule has 3 rings (SSSR count). The van der Waals surface area contributed by atoms with Gasteiger partial charge in [-0.1, -0.05) is 11.6 Å². The Hall–Kier alpha value is -3.33. The molecule has 0 radical (unpaired) electrons. The highest BCUT2D eigenvalue weighted by molar-refractivity contribution is 6.33. The van der Waals surface area contributed by atoms with Gasteiger partial charge in [-0.15, -0.1) is 5.10 Å². The highest BCUT2D eigenvalue weighted by Gasteiger charge is 2.11. The molecule has 10 heteroatoms. The number of esters is 1. The number of halogens is 3. The number of ether oxygens (including phenoxy) is 1. The molecule has 0 bridgehead atoms. The first-order valence-electron chi connectivity index (χ1n) is 7.53. The lowest BCUT2D eigenvalue weighted by molar-refractivity contribution is 0.0601. The fraction of sp³-hybridized carbons (Fsp3) is 0.0588. The number of methoxy groups -OCH3 is 1. The van der Waals surface area contributed by atoms with Crippen LogP contribution < -0.4 is 10.6 Å². The van der Waals surface area contributed by atoms with E-state index in [1.54, 1.807) is 0 Å². The van der Waals surface area contributed by atoms with Crippen LogP contribution in [0, 0.1) is 11.6 Å². The normalized spacial score (nSPS) is 10.4. The SMILES string of the molecule is COC(=O)c1ccc(Cl)c(Nc2cnnc(Nc3ccc(F)cc3F)n2)c1. The number of nitrogens with zero attached hydrogens (tertiary/aromatic N) is 3. The van der Waals surface area contributed by atoms with Crippen LogP contribution >= 0.6 is 11.6 Å². The van der Waals surface area contributed by atoms with Crippen molar-refractivity contribution in [1.82, 2.24) is 15.2 Å². The van der Waals surface area contributed by atoms with E-state index >= 15 is 0 Å². The van der Waals surface area contributed by atoms with Crippen LogP contribution in [0.1, 0.15) is 10.4 Å². The number of carbonyl (C=O) groups excluding carboxylic acids is 1. The molecule has 0 fully saturated rings. The molecule has 27 heavy (non-hydrogen) atoms. The summed E-state index contributed by atoms with van der Waals surface area (Å²) in [5.41, 5.74) is 0.665. The van der Waals surface area contributed by atoms with Crippen molar-refractivity contribution in [1.29, 1.82) is 0 Å². The molecular weight excluding hydrogens is 380 g/mol. The van der Waals surface area contributed by atoms with Gasteiger partial charge in [0.1, 0.15) is 11.6 Å². The Bertz CT molecular complexity index is 1000. The van der Waals surface area contributed by atoms with Crippen molar-refractivity contribution >= 4 is 40.7 Å². The lowest BCUT2D eigenvalue weighted by Crippen LogP contribution is -2.05. The molecule has 0 amide bonds. The van der Waals surface area contributed by atoms with Crippen molar-refractivity contribution in [2.75, 3.05) is 17.7 Å². The standard InChI is InChI=1S/C17H12ClF2N5O2/c1-27-16(26)9-2-4-11(18)14(6-9)22-15-8-21-25-17(24-15)23-13-5-3-10(19)7-12(13)20/h2-8H,1H3,(H2,22,23,24,25). The average Bonchev–Trinajstić information content (AvgIpc) is 2.65. The maximum Gasteiger partial charge on any atom is 0.337 e. The highest BCUT2D eigenvalue weighted by Crippen LogP contribution is 2.26. The van der Waals surface area contributed by atoms with Gasteiger partial charge in [-0.3, -0.25) is 0 Å². The predicted molar refractivity (Wildman–Crippen MR) is 95.5 cm³/mol. The summed E-state index contributed by atoms with van der Waals surface area (Å²) in [5, 5.41) is 13.3. The van der Waals surface area contributed by atoms with Gasteiger partial charge in [0.15, 0.2) is 5.82 Å². The number of benzene rings is 2. The summed E-state index contributed by atoms with van der Waals surface area (Å²) in [4.78, 5) is 15.8. The minimum Gasteiger partial charge on any atom is -0.465 e. The molecule has 0 aliphatic carbocycles. The monoisotopic (exact) mass is 391 g/mol. The second-order valence-corrected chi connectivity index (χ2v) is 5.63. The summed E-state index contributed by atoms with van der Waals surface area (Å²) in [6.07, 6.45) is 1.31. The summed E-state index contributed by atoms with van der Waals surface area (Å²) >= 11 is 6.12. The van der Waals surface area contributed by atoms with Crippen LogP contribution in [0.5, 0.6) is 0 Å². The van der Waals surface area contributed by atoms with Crippen molar-refractivity contribution in [2.24, 2.45) is 0 Å². The predicted octanol–water partition coefficient (Wildman–Crippen LogP) is 4.08. The summed E-state index contributed by atoms with van der Waals surface area (Å²) in [6, 6.07) is 7.57. The Morgan fingerprint density at radius 2 is 1.93 bits per heavy atom. The van der Waals surface area contributed by atoms with Crippen LogP contribution in [-0.4, -0.2) is 28.3 Å². The Kier molecular flexibility index (Phi) is 5.41. The Balaban J connectivity index is 1.83. The summed E-state index contributed by atoms with van der Waals surface area (Å²) in [7, 11) is 1.27. The number of hydrogen-bond acceptors (Lipinski definition) is 7. The molecule has 2 aromatic carbocycles. The third-order valence-electron chi connectivity index (χ3n) is 3.39. The molecule has 7 nitrogen and oxygen atoms in total. The van der Waals surface area contributed by atoms with E-state index in [0.717, 1.165) is 12.1 Å². The first-order valence-corrected chi connectivity index (χ1v) is 7.91. The molecule has 0 saturated heterocycles. The third kappa shape index (κ3) is 4.45. The van der Waals surface area contributed by atoms with Gasteiger partial charge >= 0.3 is 5.97 Å². The molecule has 0 saturated carbocycles. The second kappa shape index (κ2) is 7.92. The summed E-state index contributed by atoms with van der Waals surface area (Å²) in [5.74, 6) is -1.81. The van der Waals surface area contributed by atoms with E-state index in [9.17, 15) is 13.6 Å². The molecule has 0 aliphatic rings. The van der Waals surface area contributed by atoms with E-state index < -0.39 is 17.6 Å². The van der Waals surface area contributed by atoms with E-state index in [1.807, 2.05) is 0 Å². The molecule has 0 atom stereocenters. The maximum absolute atomic E-state index is 13.7. The van der Waals surface area contributed by atoms with Crippen molar-refractivity contribution in [3.8, 4) is 0 Å². The lowest BCUT2D eigenvalue weighted by atomic mass is 10.2. The molecule has 0 aliphatic heterocycles. The number of anilines is 4. The second-order valence-electron chi connectivity index (χ2n) is 5.23. The Morgan fingerprint density at radius 1 is 1.11 bits per heavy atom. The van der Waals surface area contributed by atoms with Crippen LogP contribution in [0.2, 0.25) is 5.02 Å². The average molecular weight is 392 g/mol. The molecule has 0 spiro atoms. The van der Waals surface area contributed by atoms with E-state index in [1.165, 1.54) is 37.6 Å². The summed E-state index contributed by atoms with van der Waals surface area (Å²) < 4.78 is 31.4. The van der Waals surface area contributed by atoms with Crippen LogP contribution in [0.15, 0.2) is 42.6 Å². The number of hydrogen-bond donors (Lipinski definition) is 2. The van der Waals surface area contributed by atoms with Gasteiger partial charge in [0.2, 0.25) is 5.95 Å². The van der Waals surface area contributed by atoms with Crippen LogP contribution in [0.4, 0.5) is 31.9 Å². The molecule has 0 unspecified atom stereocenters. The van der Waals surface area contributed by atoms with E-state index in [0.29, 0.717) is 10.7 Å². The van der Waals surface area contributed by atoms with E-state index in [-0.39, 0.29) is 23.0 Å². The largest absolute Gasteiger partial charge is 0.465 e. The number of nitrogens with one attached hydrogen (secondary N) is 2. The molecular formula is C17H12ClF2N5O2. The smallest absolute Gasteiger partial charge is 0.337 e. The van der Waals surface area contributed by atoms with Gasteiger partial charge < -0.3 is 15.4 Å². The fourth-order valence-electron chi connectivity index (χ4n) is 2.13. The third-order valence-corrected chi connectivity index (χ3v) is 3.72. The van der Waals surface area contributed by atoms with Gasteiger partial charge in [0.25, 0.3) is 0 Å². The van der Waals surface area contributed by atoms with Crippen molar-refractivity contribution in [3.63, 3.8) is 0 Å². The van der Waals surface area contributed by atoms with Crippen molar-refractivity contribution in [3.05, 3.63) is 64.8 Å². The first-order chi connectivity index (χ1) is 13.0. The van der Waals surface area contributed by atoms with E-state index in [2.05, 4.69) is 30.6 Å². The van der Waals surface area contributed by atoms with Gasteiger partial charge in [0, 0.05) is 6.07 Å².